The molecule has 0 heterocycles. The number of hydrogen-bond donors (Lipinski definition) is 1. The van der Waals surface area contributed by atoms with Gasteiger partial charge in [-0.2, -0.15) is 4.31 Å². The molecule has 0 spiro atoms. The van der Waals surface area contributed by atoms with Crippen LogP contribution in [0, 0.1) is 24.5 Å². The topological polar surface area (TPSA) is 57.6 Å². The SMILES string of the molecule is Cc1cc(F)c(S(=O)(=O)N(C)CC(O)C2CC2)cc1F. The van der Waals surface area contributed by atoms with Gasteiger partial charge in [-0.15, -0.1) is 0 Å². The van der Waals surface area contributed by atoms with Crippen molar-refractivity contribution in [3.8, 4) is 0 Å². The average molecular weight is 305 g/mol. The largest absolute Gasteiger partial charge is 0.391 e. The van der Waals surface area contributed by atoms with Crippen LogP contribution in [0.2, 0.25) is 0 Å². The highest BCUT2D eigenvalue weighted by Gasteiger charge is 2.34. The molecule has 0 amide bonds. The van der Waals surface area contributed by atoms with Gasteiger partial charge in [0.1, 0.15) is 16.5 Å². The Balaban J connectivity index is 2.27. The lowest BCUT2D eigenvalue weighted by atomic mass is 10.2. The van der Waals surface area contributed by atoms with E-state index in [9.17, 15) is 22.3 Å². The summed E-state index contributed by atoms with van der Waals surface area (Å²) in [5.41, 5.74) is 0.0436. The molecule has 1 aliphatic carbocycles. The van der Waals surface area contributed by atoms with E-state index < -0.39 is 32.7 Å². The Morgan fingerprint density at radius 3 is 2.50 bits per heavy atom. The molecule has 4 nitrogen and oxygen atoms in total. The number of sulfonamides is 1. The molecule has 1 aliphatic rings. The summed E-state index contributed by atoms with van der Waals surface area (Å²) in [6.07, 6.45) is 0.957. The van der Waals surface area contributed by atoms with E-state index in [2.05, 4.69) is 0 Å². The molecule has 2 rings (SSSR count). The number of rotatable bonds is 5. The lowest BCUT2D eigenvalue weighted by Crippen LogP contribution is -2.35. The standard InChI is InChI=1S/C13H17F2NO3S/c1-8-5-11(15)13(6-10(8)14)20(18,19)16(2)7-12(17)9-3-4-9/h5-6,9,12,17H,3-4,7H2,1-2H3. The lowest BCUT2D eigenvalue weighted by Gasteiger charge is -2.21. The number of aryl methyl sites for hydroxylation is 1. The number of likely N-dealkylation sites (N-methyl/N-ethyl adjacent to an activating group) is 1. The van der Waals surface area contributed by atoms with Gasteiger partial charge >= 0.3 is 0 Å². The molecule has 1 fully saturated rings. The third kappa shape index (κ3) is 2.99. The summed E-state index contributed by atoms with van der Waals surface area (Å²) in [4.78, 5) is -0.703. The van der Waals surface area contributed by atoms with Crippen LogP contribution in [-0.2, 0) is 10.0 Å². The molecule has 1 unspecified atom stereocenters. The van der Waals surface area contributed by atoms with Gasteiger partial charge in [0.05, 0.1) is 6.10 Å². The van der Waals surface area contributed by atoms with Crippen LogP contribution < -0.4 is 0 Å². The first kappa shape index (κ1) is 15.3. The van der Waals surface area contributed by atoms with E-state index >= 15 is 0 Å². The predicted molar refractivity (Wildman–Crippen MR) is 69.6 cm³/mol. The summed E-state index contributed by atoms with van der Waals surface area (Å²) >= 11 is 0. The van der Waals surface area contributed by atoms with Crippen LogP contribution in [0.25, 0.3) is 0 Å². The number of aliphatic hydroxyl groups excluding tert-OH is 1. The van der Waals surface area contributed by atoms with E-state index in [1.54, 1.807) is 0 Å². The zero-order valence-electron chi connectivity index (χ0n) is 11.3. The van der Waals surface area contributed by atoms with Crippen LogP contribution in [-0.4, -0.2) is 37.5 Å². The van der Waals surface area contributed by atoms with Crippen LogP contribution >= 0.6 is 0 Å². The number of hydrogen-bond acceptors (Lipinski definition) is 3. The molecule has 1 N–H and O–H groups in total. The Labute approximate surface area is 117 Å². The van der Waals surface area contributed by atoms with Crippen LogP contribution in [0.1, 0.15) is 18.4 Å². The molecule has 0 radical (unpaired) electrons. The molecule has 0 aliphatic heterocycles. The Kier molecular flexibility index (Phi) is 4.13. The lowest BCUT2D eigenvalue weighted by molar-refractivity contribution is 0.131. The molecule has 112 valence electrons. The van der Waals surface area contributed by atoms with Crippen molar-refractivity contribution in [1.29, 1.82) is 0 Å². The second kappa shape index (κ2) is 5.38. The summed E-state index contributed by atoms with van der Waals surface area (Å²) in [7, 11) is -2.90. The fourth-order valence-electron chi connectivity index (χ4n) is 1.99. The zero-order chi connectivity index (χ0) is 15.1. The van der Waals surface area contributed by atoms with Crippen molar-refractivity contribution in [2.45, 2.75) is 30.8 Å². The molecular formula is C13H17F2NO3S. The van der Waals surface area contributed by atoms with Crippen LogP contribution in [0.3, 0.4) is 0 Å². The van der Waals surface area contributed by atoms with Gasteiger partial charge < -0.3 is 5.11 Å². The Morgan fingerprint density at radius 2 is 1.95 bits per heavy atom. The van der Waals surface area contributed by atoms with Gasteiger partial charge in [-0.25, -0.2) is 17.2 Å². The van der Waals surface area contributed by atoms with E-state index in [1.807, 2.05) is 0 Å². The maximum Gasteiger partial charge on any atom is 0.245 e. The zero-order valence-corrected chi connectivity index (χ0v) is 12.1. The molecule has 1 saturated carbocycles. The first-order chi connectivity index (χ1) is 9.23. The third-order valence-corrected chi connectivity index (χ3v) is 5.35. The molecule has 0 aromatic heterocycles. The van der Waals surface area contributed by atoms with Crippen LogP contribution in [0.4, 0.5) is 8.78 Å². The minimum atomic E-state index is -4.15. The summed E-state index contributed by atoms with van der Waals surface area (Å²) in [6.45, 7) is 1.23. The highest BCUT2D eigenvalue weighted by molar-refractivity contribution is 7.89. The average Bonchev–Trinajstić information content (AvgIpc) is 3.17. The summed E-state index contributed by atoms with van der Waals surface area (Å²) < 4.78 is 52.5. The summed E-state index contributed by atoms with van der Waals surface area (Å²) in [6, 6.07) is 1.54. The number of aliphatic hydroxyl groups is 1. The van der Waals surface area contributed by atoms with Crippen molar-refractivity contribution in [3.05, 3.63) is 29.3 Å². The van der Waals surface area contributed by atoms with Gasteiger partial charge in [-0.1, -0.05) is 0 Å². The van der Waals surface area contributed by atoms with Crippen molar-refractivity contribution in [3.63, 3.8) is 0 Å². The van der Waals surface area contributed by atoms with Crippen molar-refractivity contribution in [1.82, 2.24) is 4.31 Å². The predicted octanol–water partition coefficient (Wildman–Crippen LogP) is 1.66. The van der Waals surface area contributed by atoms with Crippen molar-refractivity contribution in [2.24, 2.45) is 5.92 Å². The van der Waals surface area contributed by atoms with Gasteiger partial charge in [0, 0.05) is 13.6 Å². The molecule has 1 aromatic carbocycles. The van der Waals surface area contributed by atoms with Crippen LogP contribution in [0.15, 0.2) is 17.0 Å². The molecular weight excluding hydrogens is 288 g/mol. The van der Waals surface area contributed by atoms with Gasteiger partial charge in [0.2, 0.25) is 10.0 Å². The van der Waals surface area contributed by atoms with Crippen LogP contribution in [0.5, 0.6) is 0 Å². The first-order valence-electron chi connectivity index (χ1n) is 6.33. The highest BCUT2D eigenvalue weighted by Crippen LogP contribution is 2.33. The van der Waals surface area contributed by atoms with E-state index in [0.29, 0.717) is 6.07 Å². The second-order valence-electron chi connectivity index (χ2n) is 5.22. The first-order valence-corrected chi connectivity index (χ1v) is 7.77. The van der Waals surface area contributed by atoms with Gasteiger partial charge in [0.25, 0.3) is 0 Å². The van der Waals surface area contributed by atoms with Crippen molar-refractivity contribution < 1.29 is 22.3 Å². The molecule has 0 saturated heterocycles. The Morgan fingerprint density at radius 1 is 1.35 bits per heavy atom. The maximum absolute atomic E-state index is 13.8. The molecule has 1 atom stereocenters. The monoisotopic (exact) mass is 305 g/mol. The third-order valence-electron chi connectivity index (χ3n) is 3.51. The van der Waals surface area contributed by atoms with Gasteiger partial charge in [0.15, 0.2) is 0 Å². The fraction of sp³-hybridized carbons (Fsp3) is 0.538. The number of halogens is 2. The summed E-state index contributed by atoms with van der Waals surface area (Å²) in [5, 5.41) is 9.76. The minimum absolute atomic E-state index is 0.0436. The Bertz CT molecular complexity index is 614. The summed E-state index contributed by atoms with van der Waals surface area (Å²) in [5.74, 6) is -1.66. The van der Waals surface area contributed by atoms with Gasteiger partial charge in [-0.05, 0) is 43.4 Å². The molecule has 7 heteroatoms. The second-order valence-corrected chi connectivity index (χ2v) is 7.24. The van der Waals surface area contributed by atoms with Crippen molar-refractivity contribution in [2.75, 3.05) is 13.6 Å². The highest BCUT2D eigenvalue weighted by atomic mass is 32.2. The van der Waals surface area contributed by atoms with E-state index in [4.69, 9.17) is 0 Å². The van der Waals surface area contributed by atoms with Crippen molar-refractivity contribution >= 4 is 10.0 Å². The normalized spacial score (nSPS) is 17.5. The Hall–Kier alpha value is -1.05. The maximum atomic E-state index is 13.8. The molecule has 1 aromatic rings. The fourth-order valence-corrected chi connectivity index (χ4v) is 3.23. The molecule has 0 bridgehead atoms. The van der Waals surface area contributed by atoms with E-state index in [0.717, 1.165) is 23.2 Å². The minimum Gasteiger partial charge on any atom is -0.391 e. The molecule has 20 heavy (non-hydrogen) atoms. The number of nitrogens with zero attached hydrogens (tertiary/aromatic N) is 1. The van der Waals surface area contributed by atoms with E-state index in [1.165, 1.54) is 14.0 Å². The quantitative estimate of drug-likeness (QED) is 0.900. The smallest absolute Gasteiger partial charge is 0.245 e. The van der Waals surface area contributed by atoms with Gasteiger partial charge in [-0.3, -0.25) is 0 Å². The number of benzene rings is 1. The van der Waals surface area contributed by atoms with E-state index in [-0.39, 0.29) is 18.0 Å².